The van der Waals surface area contributed by atoms with E-state index in [2.05, 4.69) is 10.9 Å². The summed E-state index contributed by atoms with van der Waals surface area (Å²) in [6.07, 6.45) is 3.14. The number of hydrogen-bond donors (Lipinski definition) is 2. The van der Waals surface area contributed by atoms with Crippen LogP contribution in [-0.2, 0) is 14.4 Å². The van der Waals surface area contributed by atoms with Crippen LogP contribution in [0.2, 0.25) is 0 Å². The molecule has 0 radical (unpaired) electrons. The van der Waals surface area contributed by atoms with Gasteiger partial charge in [-0.3, -0.25) is 35.3 Å². The topological polar surface area (TPSA) is 122 Å². The van der Waals surface area contributed by atoms with E-state index in [4.69, 9.17) is 0 Å². The zero-order valence-corrected chi connectivity index (χ0v) is 14.9. The molecule has 1 heterocycles. The van der Waals surface area contributed by atoms with Crippen LogP contribution in [0.3, 0.4) is 0 Å². The van der Waals surface area contributed by atoms with Gasteiger partial charge in [0.2, 0.25) is 11.8 Å². The van der Waals surface area contributed by atoms with Crippen LogP contribution in [0.4, 0.5) is 5.69 Å². The monoisotopic (exact) mass is 380 g/mol. The molecular weight excluding hydrogens is 360 g/mol. The second-order valence-electron chi connectivity index (χ2n) is 5.76. The lowest BCUT2D eigenvalue weighted by Crippen LogP contribution is -2.48. The van der Waals surface area contributed by atoms with Crippen LogP contribution in [0, 0.1) is 10.1 Å². The van der Waals surface area contributed by atoms with E-state index in [0.29, 0.717) is 17.9 Å². The molecule has 2 rings (SSSR count). The molecule has 0 aromatic heterocycles. The number of carbonyl (C=O) groups excluding carboxylic acids is 3. The fourth-order valence-electron chi connectivity index (χ4n) is 2.41. The van der Waals surface area contributed by atoms with Crippen molar-refractivity contribution < 1.29 is 19.3 Å². The van der Waals surface area contributed by atoms with Crippen LogP contribution in [0.5, 0.6) is 0 Å². The molecular formula is C16H20N4O5S. The number of thioether (sulfide) groups is 1. The van der Waals surface area contributed by atoms with Crippen LogP contribution in [0.1, 0.15) is 25.7 Å². The standard InChI is InChI=1S/C16H20N4O5S/c21-14(10-19-9-3-1-2-4-16(19)23)17-18-15(22)11-26-13-7-5-12(6-8-13)20(24)25/h5-8H,1-4,9-11H2,(H,17,21)(H,18,22). The number of likely N-dealkylation sites (tertiary alicyclic amines) is 1. The summed E-state index contributed by atoms with van der Waals surface area (Å²) in [4.78, 5) is 47.7. The summed E-state index contributed by atoms with van der Waals surface area (Å²) in [5, 5.41) is 10.6. The second-order valence-corrected chi connectivity index (χ2v) is 6.81. The molecule has 2 N–H and O–H groups in total. The molecule has 26 heavy (non-hydrogen) atoms. The fourth-order valence-corrected chi connectivity index (χ4v) is 3.11. The van der Waals surface area contributed by atoms with Gasteiger partial charge < -0.3 is 4.90 Å². The zero-order chi connectivity index (χ0) is 18.9. The van der Waals surface area contributed by atoms with Crippen LogP contribution in [-0.4, -0.2) is 46.4 Å². The number of rotatable bonds is 6. The lowest BCUT2D eigenvalue weighted by atomic mass is 10.2. The summed E-state index contributed by atoms with van der Waals surface area (Å²) in [6, 6.07) is 5.83. The molecule has 10 heteroatoms. The lowest BCUT2D eigenvalue weighted by molar-refractivity contribution is -0.384. The number of amides is 3. The number of nitrogens with zero attached hydrogens (tertiary/aromatic N) is 2. The summed E-state index contributed by atoms with van der Waals surface area (Å²) in [5.74, 6) is -0.865. The molecule has 0 bridgehead atoms. The zero-order valence-electron chi connectivity index (χ0n) is 14.1. The Balaban J connectivity index is 1.69. The number of benzene rings is 1. The Morgan fingerprint density at radius 2 is 1.81 bits per heavy atom. The maximum Gasteiger partial charge on any atom is 0.269 e. The van der Waals surface area contributed by atoms with E-state index in [1.54, 1.807) is 12.1 Å². The summed E-state index contributed by atoms with van der Waals surface area (Å²) < 4.78 is 0. The van der Waals surface area contributed by atoms with Crippen LogP contribution in [0.15, 0.2) is 29.2 Å². The number of hydrogen-bond acceptors (Lipinski definition) is 6. The largest absolute Gasteiger partial charge is 0.333 e. The first-order chi connectivity index (χ1) is 12.5. The van der Waals surface area contributed by atoms with Gasteiger partial charge in [0.25, 0.3) is 11.6 Å². The second kappa shape index (κ2) is 9.76. The van der Waals surface area contributed by atoms with Gasteiger partial charge in [0.1, 0.15) is 6.54 Å². The molecule has 0 saturated carbocycles. The maximum absolute atomic E-state index is 11.9. The van der Waals surface area contributed by atoms with Crippen molar-refractivity contribution in [2.45, 2.75) is 30.6 Å². The Hall–Kier alpha value is -2.62. The van der Waals surface area contributed by atoms with Gasteiger partial charge in [-0.05, 0) is 25.0 Å². The van der Waals surface area contributed by atoms with Crippen molar-refractivity contribution in [2.24, 2.45) is 0 Å². The highest BCUT2D eigenvalue weighted by Crippen LogP contribution is 2.20. The molecule has 1 aromatic carbocycles. The van der Waals surface area contributed by atoms with E-state index in [0.717, 1.165) is 19.3 Å². The van der Waals surface area contributed by atoms with Crippen molar-refractivity contribution in [3.8, 4) is 0 Å². The molecule has 0 spiro atoms. The lowest BCUT2D eigenvalue weighted by Gasteiger charge is -2.19. The number of nitro groups is 1. The van der Waals surface area contributed by atoms with Crippen molar-refractivity contribution in [3.05, 3.63) is 34.4 Å². The molecule has 0 unspecified atom stereocenters. The molecule has 0 atom stereocenters. The summed E-state index contributed by atoms with van der Waals surface area (Å²) in [5.41, 5.74) is 4.57. The highest BCUT2D eigenvalue weighted by molar-refractivity contribution is 8.00. The van der Waals surface area contributed by atoms with Gasteiger partial charge in [-0.1, -0.05) is 6.42 Å². The van der Waals surface area contributed by atoms with Crippen molar-refractivity contribution in [2.75, 3.05) is 18.8 Å². The van der Waals surface area contributed by atoms with Crippen molar-refractivity contribution in [1.82, 2.24) is 15.8 Å². The highest BCUT2D eigenvalue weighted by Gasteiger charge is 2.19. The number of nitrogens with one attached hydrogen (secondary N) is 2. The quantitative estimate of drug-likeness (QED) is 0.435. The molecule has 1 aromatic rings. The first kappa shape index (κ1) is 19.7. The molecule has 9 nitrogen and oxygen atoms in total. The molecule has 0 aliphatic carbocycles. The molecule has 1 fully saturated rings. The molecule has 1 aliphatic rings. The Labute approximate surface area is 154 Å². The minimum absolute atomic E-state index is 0.0193. The van der Waals surface area contributed by atoms with Gasteiger partial charge in [-0.15, -0.1) is 11.8 Å². The third-order valence-corrected chi connectivity index (χ3v) is 4.78. The van der Waals surface area contributed by atoms with Crippen LogP contribution in [0.25, 0.3) is 0 Å². The Bertz CT molecular complexity index is 680. The van der Waals surface area contributed by atoms with Gasteiger partial charge in [0.05, 0.1) is 10.7 Å². The van der Waals surface area contributed by atoms with E-state index in [9.17, 15) is 24.5 Å². The number of nitro benzene ring substituents is 1. The van der Waals surface area contributed by atoms with Crippen LogP contribution >= 0.6 is 11.8 Å². The Morgan fingerprint density at radius 1 is 1.12 bits per heavy atom. The smallest absolute Gasteiger partial charge is 0.269 e. The van der Waals surface area contributed by atoms with Crippen molar-refractivity contribution >= 4 is 35.2 Å². The van der Waals surface area contributed by atoms with Gasteiger partial charge in [-0.2, -0.15) is 0 Å². The predicted octanol–water partition coefficient (Wildman–Crippen LogP) is 1.24. The van der Waals surface area contributed by atoms with Gasteiger partial charge >= 0.3 is 0 Å². The van der Waals surface area contributed by atoms with Crippen LogP contribution < -0.4 is 10.9 Å². The van der Waals surface area contributed by atoms with Crippen molar-refractivity contribution in [1.29, 1.82) is 0 Å². The summed E-state index contributed by atoms with van der Waals surface area (Å²) in [7, 11) is 0. The highest BCUT2D eigenvalue weighted by atomic mass is 32.2. The minimum Gasteiger partial charge on any atom is -0.333 e. The Kier molecular flexibility index (Phi) is 7.39. The van der Waals surface area contributed by atoms with Gasteiger partial charge in [-0.25, -0.2) is 0 Å². The number of hydrazine groups is 1. The third-order valence-electron chi connectivity index (χ3n) is 3.76. The van der Waals surface area contributed by atoms with E-state index >= 15 is 0 Å². The maximum atomic E-state index is 11.9. The average molecular weight is 380 g/mol. The normalized spacial score (nSPS) is 14.5. The summed E-state index contributed by atoms with van der Waals surface area (Å²) in [6.45, 7) is 0.477. The molecule has 140 valence electrons. The first-order valence-electron chi connectivity index (χ1n) is 8.18. The van der Waals surface area contributed by atoms with E-state index in [1.807, 2.05) is 0 Å². The average Bonchev–Trinajstić information content (AvgIpc) is 2.83. The first-order valence-corrected chi connectivity index (χ1v) is 9.17. The molecule has 1 saturated heterocycles. The third kappa shape index (κ3) is 6.36. The number of carbonyl (C=O) groups is 3. The van der Waals surface area contributed by atoms with Crippen molar-refractivity contribution in [3.63, 3.8) is 0 Å². The predicted molar refractivity (Wildman–Crippen MR) is 95.2 cm³/mol. The minimum atomic E-state index is -0.494. The Morgan fingerprint density at radius 3 is 2.50 bits per heavy atom. The van der Waals surface area contributed by atoms with Gasteiger partial charge in [0, 0.05) is 30.0 Å². The van der Waals surface area contributed by atoms with Gasteiger partial charge in [0.15, 0.2) is 0 Å². The van der Waals surface area contributed by atoms with E-state index < -0.39 is 16.7 Å². The molecule has 1 aliphatic heterocycles. The molecule has 3 amide bonds. The number of non-ortho nitro benzene ring substituents is 1. The van der Waals surface area contributed by atoms with E-state index in [-0.39, 0.29) is 23.9 Å². The fraction of sp³-hybridized carbons (Fsp3) is 0.438. The summed E-state index contributed by atoms with van der Waals surface area (Å²) >= 11 is 1.19. The van der Waals surface area contributed by atoms with E-state index in [1.165, 1.54) is 28.8 Å². The SMILES string of the molecule is O=C(CSc1ccc([N+](=O)[O-])cc1)NNC(=O)CN1CCCCCC1=O.